The van der Waals surface area contributed by atoms with Crippen LogP contribution in [0, 0.1) is 16.7 Å². The van der Waals surface area contributed by atoms with E-state index in [1.807, 2.05) is 0 Å². The van der Waals surface area contributed by atoms with Crippen LogP contribution in [0.15, 0.2) is 24.5 Å². The summed E-state index contributed by atoms with van der Waals surface area (Å²) in [6.45, 7) is 5.10. The van der Waals surface area contributed by atoms with Crippen molar-refractivity contribution in [3.05, 3.63) is 24.5 Å². The highest BCUT2D eigenvalue weighted by Gasteiger charge is 2.60. The third-order valence-electron chi connectivity index (χ3n) is 5.75. The molecule has 4 aliphatic rings. The van der Waals surface area contributed by atoms with E-state index in [9.17, 15) is 0 Å². The summed E-state index contributed by atoms with van der Waals surface area (Å²) in [6.07, 6.45) is 13.3. The Hall–Kier alpha value is -0.720. The van der Waals surface area contributed by atoms with Crippen molar-refractivity contribution in [3.8, 4) is 0 Å². The molecular formula is C16H23N. The second-order valence-electron chi connectivity index (χ2n) is 7.94. The van der Waals surface area contributed by atoms with Gasteiger partial charge >= 0.3 is 0 Å². The topological polar surface area (TPSA) is 4.93 Å². The van der Waals surface area contributed by atoms with Gasteiger partial charge in [-0.05, 0) is 67.4 Å². The summed E-state index contributed by atoms with van der Waals surface area (Å²) in [7, 11) is 0. The van der Waals surface area contributed by atoms with Gasteiger partial charge in [0.15, 0.2) is 0 Å². The summed E-state index contributed by atoms with van der Waals surface area (Å²) in [6, 6.07) is 4.40. The third-order valence-corrected chi connectivity index (χ3v) is 5.75. The quantitative estimate of drug-likeness (QED) is 0.680. The van der Waals surface area contributed by atoms with Gasteiger partial charge in [-0.25, -0.2) is 0 Å². The van der Waals surface area contributed by atoms with E-state index in [0.717, 1.165) is 5.92 Å². The zero-order chi connectivity index (χ0) is 11.7. The van der Waals surface area contributed by atoms with Crippen LogP contribution in [-0.2, 0) is 5.54 Å². The number of hydrogen-bond donors (Lipinski definition) is 0. The van der Waals surface area contributed by atoms with Crippen LogP contribution in [0.5, 0.6) is 0 Å². The fourth-order valence-corrected chi connectivity index (χ4v) is 6.33. The second kappa shape index (κ2) is 2.81. The normalized spacial score (nSPS) is 52.0. The molecule has 4 fully saturated rings. The average molecular weight is 229 g/mol. The van der Waals surface area contributed by atoms with Crippen LogP contribution in [-0.4, -0.2) is 4.57 Å². The Labute approximate surface area is 104 Å². The van der Waals surface area contributed by atoms with Crippen molar-refractivity contribution in [2.75, 3.05) is 0 Å². The van der Waals surface area contributed by atoms with Gasteiger partial charge in [0.1, 0.15) is 0 Å². The largest absolute Gasteiger partial charge is 0.348 e. The molecule has 1 aromatic rings. The molecule has 0 amide bonds. The van der Waals surface area contributed by atoms with Gasteiger partial charge in [0.2, 0.25) is 0 Å². The van der Waals surface area contributed by atoms with Gasteiger partial charge in [0.05, 0.1) is 0 Å². The van der Waals surface area contributed by atoms with Crippen molar-refractivity contribution < 1.29 is 0 Å². The Morgan fingerprint density at radius 2 is 1.47 bits per heavy atom. The molecule has 0 aliphatic heterocycles. The lowest BCUT2D eigenvalue weighted by Gasteiger charge is -2.65. The Morgan fingerprint density at radius 3 is 2.00 bits per heavy atom. The molecule has 0 aromatic carbocycles. The first-order chi connectivity index (χ1) is 8.01. The fourth-order valence-electron chi connectivity index (χ4n) is 6.33. The maximum Gasteiger partial charge on any atom is 0.0452 e. The maximum absolute atomic E-state index is 2.55. The van der Waals surface area contributed by atoms with Crippen LogP contribution in [0.2, 0.25) is 0 Å². The summed E-state index contributed by atoms with van der Waals surface area (Å²) in [5.74, 6) is 0.989. The van der Waals surface area contributed by atoms with Gasteiger partial charge in [-0.15, -0.1) is 0 Å². The van der Waals surface area contributed by atoms with Crippen molar-refractivity contribution in [1.82, 2.24) is 4.57 Å². The Kier molecular flexibility index (Phi) is 1.69. The van der Waals surface area contributed by atoms with Gasteiger partial charge in [0.25, 0.3) is 0 Å². The molecule has 5 rings (SSSR count). The van der Waals surface area contributed by atoms with E-state index in [2.05, 4.69) is 42.9 Å². The van der Waals surface area contributed by atoms with Crippen LogP contribution in [0.1, 0.15) is 52.4 Å². The molecule has 0 spiro atoms. The van der Waals surface area contributed by atoms with E-state index in [1.54, 1.807) is 0 Å². The Balaban J connectivity index is 1.83. The maximum atomic E-state index is 2.55. The lowest BCUT2D eigenvalue weighted by molar-refractivity contribution is -0.135. The third kappa shape index (κ3) is 1.31. The predicted molar refractivity (Wildman–Crippen MR) is 69.8 cm³/mol. The molecule has 1 heterocycles. The molecule has 2 unspecified atom stereocenters. The molecule has 1 aromatic heterocycles. The van der Waals surface area contributed by atoms with Crippen LogP contribution in [0.25, 0.3) is 0 Å². The number of hydrogen-bond acceptors (Lipinski definition) is 0. The van der Waals surface area contributed by atoms with Crippen molar-refractivity contribution in [3.63, 3.8) is 0 Å². The average Bonchev–Trinajstić information content (AvgIpc) is 2.63. The summed E-state index contributed by atoms with van der Waals surface area (Å²) in [4.78, 5) is 0. The predicted octanol–water partition coefficient (Wildman–Crippen LogP) is 4.19. The zero-order valence-corrected chi connectivity index (χ0v) is 11.1. The smallest absolute Gasteiger partial charge is 0.0452 e. The molecule has 1 nitrogen and oxygen atoms in total. The first-order valence-corrected chi connectivity index (χ1v) is 7.15. The van der Waals surface area contributed by atoms with Crippen LogP contribution < -0.4 is 0 Å². The SMILES string of the molecule is C[C@]12CC3CC(n4cccc4)(C1)C[C@@](C)(C3)C2. The van der Waals surface area contributed by atoms with Crippen molar-refractivity contribution >= 4 is 0 Å². The summed E-state index contributed by atoms with van der Waals surface area (Å²) < 4.78 is 2.55. The molecule has 17 heavy (non-hydrogen) atoms. The van der Waals surface area contributed by atoms with Crippen LogP contribution in [0.4, 0.5) is 0 Å². The molecule has 0 radical (unpaired) electrons. The Morgan fingerprint density at radius 1 is 0.882 bits per heavy atom. The highest BCUT2D eigenvalue weighted by atomic mass is 15.1. The van der Waals surface area contributed by atoms with Crippen molar-refractivity contribution in [2.45, 2.75) is 57.9 Å². The van der Waals surface area contributed by atoms with Crippen LogP contribution >= 0.6 is 0 Å². The molecule has 0 saturated heterocycles. The summed E-state index contributed by atoms with van der Waals surface area (Å²) in [5.41, 5.74) is 1.71. The minimum absolute atomic E-state index is 0.465. The first kappa shape index (κ1) is 10.2. The molecule has 4 bridgehead atoms. The standard InChI is InChI=1S/C16H23N/c1-14-7-13-8-15(2,10-14)12-16(9-13,11-14)17-5-3-4-6-17/h3-6,13H,7-12H2,1-2H3/t13?,14-,15+,16?. The van der Waals surface area contributed by atoms with Crippen molar-refractivity contribution in [2.24, 2.45) is 16.7 Å². The second-order valence-corrected chi connectivity index (χ2v) is 7.94. The Bertz CT molecular complexity index is 426. The van der Waals surface area contributed by atoms with E-state index >= 15 is 0 Å². The summed E-state index contributed by atoms with van der Waals surface area (Å²) in [5, 5.41) is 0. The molecule has 4 atom stereocenters. The van der Waals surface area contributed by atoms with Crippen LogP contribution in [0.3, 0.4) is 0 Å². The number of aromatic nitrogens is 1. The lowest BCUT2D eigenvalue weighted by Crippen LogP contribution is -2.58. The van der Waals surface area contributed by atoms with Crippen molar-refractivity contribution in [1.29, 1.82) is 0 Å². The number of rotatable bonds is 1. The minimum atomic E-state index is 0.465. The minimum Gasteiger partial charge on any atom is -0.348 e. The molecular weight excluding hydrogens is 206 g/mol. The fraction of sp³-hybridized carbons (Fsp3) is 0.750. The summed E-state index contributed by atoms with van der Waals surface area (Å²) >= 11 is 0. The van der Waals surface area contributed by atoms with E-state index in [4.69, 9.17) is 0 Å². The monoisotopic (exact) mass is 229 g/mol. The molecule has 4 aliphatic carbocycles. The first-order valence-electron chi connectivity index (χ1n) is 7.15. The van der Waals surface area contributed by atoms with Gasteiger partial charge in [-0.1, -0.05) is 13.8 Å². The number of nitrogens with zero attached hydrogens (tertiary/aromatic N) is 1. The highest BCUT2D eigenvalue weighted by Crippen LogP contribution is 2.68. The molecule has 92 valence electrons. The van der Waals surface area contributed by atoms with Gasteiger partial charge in [0, 0.05) is 17.9 Å². The molecule has 0 N–H and O–H groups in total. The van der Waals surface area contributed by atoms with E-state index in [-0.39, 0.29) is 0 Å². The van der Waals surface area contributed by atoms with E-state index < -0.39 is 0 Å². The zero-order valence-electron chi connectivity index (χ0n) is 11.1. The van der Waals surface area contributed by atoms with E-state index in [0.29, 0.717) is 16.4 Å². The van der Waals surface area contributed by atoms with Gasteiger partial charge < -0.3 is 4.57 Å². The molecule has 1 heteroatoms. The lowest BCUT2D eigenvalue weighted by atomic mass is 9.42. The van der Waals surface area contributed by atoms with Gasteiger partial charge in [-0.3, -0.25) is 0 Å². The van der Waals surface area contributed by atoms with E-state index in [1.165, 1.54) is 38.5 Å². The highest BCUT2D eigenvalue weighted by molar-refractivity contribution is 5.14. The van der Waals surface area contributed by atoms with Gasteiger partial charge in [-0.2, -0.15) is 0 Å². The molecule has 4 saturated carbocycles.